The van der Waals surface area contributed by atoms with E-state index in [0.29, 0.717) is 11.7 Å². The molecule has 140 valence electrons. The number of likely N-dealkylation sites (tertiary alicyclic amines) is 1. The third kappa shape index (κ3) is 3.20. The summed E-state index contributed by atoms with van der Waals surface area (Å²) in [5.74, 6) is 1.29. The van der Waals surface area contributed by atoms with Crippen molar-refractivity contribution in [2.45, 2.75) is 25.4 Å². The Balaban J connectivity index is 1.38. The van der Waals surface area contributed by atoms with Crippen LogP contribution in [0.1, 0.15) is 30.5 Å². The molecule has 0 bridgehead atoms. The van der Waals surface area contributed by atoms with Crippen LogP contribution < -0.4 is 0 Å². The SMILES string of the molecule is c1ccc(-n2nccc2CN2CCCC2c2nc(-c3ccncc3)no2)cc1. The van der Waals surface area contributed by atoms with Gasteiger partial charge in [-0.3, -0.25) is 9.88 Å². The molecule has 1 aliphatic heterocycles. The molecule has 7 nitrogen and oxygen atoms in total. The molecule has 3 aromatic heterocycles. The fourth-order valence-electron chi connectivity index (χ4n) is 3.74. The number of para-hydroxylation sites is 1. The summed E-state index contributed by atoms with van der Waals surface area (Å²) < 4.78 is 7.61. The average Bonchev–Trinajstić information content (AvgIpc) is 3.50. The van der Waals surface area contributed by atoms with Crippen molar-refractivity contribution in [2.75, 3.05) is 6.54 Å². The Morgan fingerprint density at radius 1 is 1.00 bits per heavy atom. The van der Waals surface area contributed by atoms with Crippen LogP contribution in [-0.2, 0) is 6.54 Å². The van der Waals surface area contributed by atoms with Crippen LogP contribution in [0.4, 0.5) is 0 Å². The average molecular weight is 372 g/mol. The normalized spacial score (nSPS) is 17.2. The van der Waals surface area contributed by atoms with Crippen LogP contribution in [-0.4, -0.2) is 36.3 Å². The molecule has 1 atom stereocenters. The van der Waals surface area contributed by atoms with Gasteiger partial charge in [-0.15, -0.1) is 0 Å². The standard InChI is InChI=1S/C21H20N6O/c1-2-5-17(6-3-1)27-18(10-13-23-27)15-26-14-4-7-19(26)21-24-20(25-28-21)16-8-11-22-12-9-16/h1-3,5-6,8-13,19H,4,7,14-15H2. The zero-order chi connectivity index (χ0) is 18.8. The third-order valence-electron chi connectivity index (χ3n) is 5.12. The van der Waals surface area contributed by atoms with Crippen LogP contribution in [0.15, 0.2) is 71.6 Å². The summed E-state index contributed by atoms with van der Waals surface area (Å²) in [6, 6.07) is 16.2. The molecule has 5 rings (SSSR count). The van der Waals surface area contributed by atoms with E-state index in [-0.39, 0.29) is 6.04 Å². The number of pyridine rings is 1. The second-order valence-corrected chi connectivity index (χ2v) is 6.89. The van der Waals surface area contributed by atoms with Crippen LogP contribution in [0.2, 0.25) is 0 Å². The lowest BCUT2D eigenvalue weighted by atomic mass is 10.2. The highest BCUT2D eigenvalue weighted by atomic mass is 16.5. The lowest BCUT2D eigenvalue weighted by Crippen LogP contribution is -2.24. The summed E-state index contributed by atoms with van der Waals surface area (Å²) in [6.45, 7) is 1.78. The second kappa shape index (κ2) is 7.36. The number of rotatable bonds is 5. The van der Waals surface area contributed by atoms with Crippen molar-refractivity contribution in [3.63, 3.8) is 0 Å². The molecule has 1 saturated heterocycles. The van der Waals surface area contributed by atoms with Crippen LogP contribution in [0.25, 0.3) is 17.1 Å². The maximum Gasteiger partial charge on any atom is 0.244 e. The van der Waals surface area contributed by atoms with Gasteiger partial charge in [0.25, 0.3) is 0 Å². The number of hydrogen-bond donors (Lipinski definition) is 0. The van der Waals surface area contributed by atoms with Crippen molar-refractivity contribution in [1.29, 1.82) is 0 Å². The lowest BCUT2D eigenvalue weighted by Gasteiger charge is -2.21. The summed E-state index contributed by atoms with van der Waals surface area (Å²) in [4.78, 5) is 11.1. The van der Waals surface area contributed by atoms with Gasteiger partial charge in [-0.1, -0.05) is 23.4 Å². The predicted octanol–water partition coefficient (Wildman–Crippen LogP) is 3.65. The van der Waals surface area contributed by atoms with Crippen molar-refractivity contribution in [1.82, 2.24) is 29.8 Å². The maximum atomic E-state index is 5.62. The smallest absolute Gasteiger partial charge is 0.244 e. The van der Waals surface area contributed by atoms with Crippen LogP contribution in [0.5, 0.6) is 0 Å². The van der Waals surface area contributed by atoms with Gasteiger partial charge >= 0.3 is 0 Å². The van der Waals surface area contributed by atoms with E-state index in [2.05, 4.69) is 43.3 Å². The van der Waals surface area contributed by atoms with Gasteiger partial charge in [0, 0.05) is 30.7 Å². The Morgan fingerprint density at radius 3 is 2.71 bits per heavy atom. The molecule has 0 saturated carbocycles. The molecular formula is C21H20N6O. The minimum absolute atomic E-state index is 0.127. The van der Waals surface area contributed by atoms with Gasteiger partial charge in [0.1, 0.15) is 0 Å². The van der Waals surface area contributed by atoms with E-state index in [9.17, 15) is 0 Å². The number of aromatic nitrogens is 5. The summed E-state index contributed by atoms with van der Waals surface area (Å²) >= 11 is 0. The molecule has 0 N–H and O–H groups in total. The van der Waals surface area contributed by atoms with Gasteiger partial charge in [-0.25, -0.2) is 4.68 Å². The number of hydrogen-bond acceptors (Lipinski definition) is 6. The van der Waals surface area contributed by atoms with Gasteiger partial charge in [0.15, 0.2) is 0 Å². The van der Waals surface area contributed by atoms with Crippen LogP contribution in [0, 0.1) is 0 Å². The zero-order valence-electron chi connectivity index (χ0n) is 15.3. The summed E-state index contributed by atoms with van der Waals surface area (Å²) in [5.41, 5.74) is 3.12. The molecule has 0 spiro atoms. The molecule has 1 aromatic carbocycles. The second-order valence-electron chi connectivity index (χ2n) is 6.89. The third-order valence-corrected chi connectivity index (χ3v) is 5.12. The molecule has 1 unspecified atom stereocenters. The Kier molecular flexibility index (Phi) is 4.42. The first kappa shape index (κ1) is 16.8. The first-order valence-electron chi connectivity index (χ1n) is 9.45. The first-order chi connectivity index (χ1) is 13.9. The van der Waals surface area contributed by atoms with E-state index in [0.717, 1.165) is 42.9 Å². The maximum absolute atomic E-state index is 5.62. The van der Waals surface area contributed by atoms with Gasteiger partial charge in [0.2, 0.25) is 11.7 Å². The highest BCUT2D eigenvalue weighted by molar-refractivity contribution is 5.52. The molecule has 0 amide bonds. The van der Waals surface area contributed by atoms with Gasteiger partial charge in [-0.2, -0.15) is 10.1 Å². The molecule has 4 aromatic rings. The predicted molar refractivity (Wildman–Crippen MR) is 103 cm³/mol. The molecule has 0 aliphatic carbocycles. The van der Waals surface area contributed by atoms with Crippen molar-refractivity contribution >= 4 is 0 Å². The first-order valence-corrected chi connectivity index (χ1v) is 9.45. The Bertz CT molecular complexity index is 1040. The monoisotopic (exact) mass is 372 g/mol. The highest BCUT2D eigenvalue weighted by Crippen LogP contribution is 2.33. The Morgan fingerprint density at radius 2 is 1.86 bits per heavy atom. The molecule has 1 aliphatic rings. The van der Waals surface area contributed by atoms with E-state index in [4.69, 9.17) is 4.52 Å². The van der Waals surface area contributed by atoms with Crippen molar-refractivity contribution in [3.05, 3.63) is 78.7 Å². The van der Waals surface area contributed by atoms with E-state index >= 15 is 0 Å². The van der Waals surface area contributed by atoms with Crippen molar-refractivity contribution in [3.8, 4) is 17.1 Å². The molecule has 0 radical (unpaired) electrons. The van der Waals surface area contributed by atoms with Crippen LogP contribution >= 0.6 is 0 Å². The molecule has 7 heteroatoms. The summed E-state index contributed by atoms with van der Waals surface area (Å²) in [5, 5.41) is 8.67. The number of benzene rings is 1. The molecule has 28 heavy (non-hydrogen) atoms. The zero-order valence-corrected chi connectivity index (χ0v) is 15.3. The fourth-order valence-corrected chi connectivity index (χ4v) is 3.74. The van der Waals surface area contributed by atoms with E-state index in [1.54, 1.807) is 12.4 Å². The fraction of sp³-hybridized carbons (Fsp3) is 0.238. The Labute approximate surface area is 162 Å². The molecule has 1 fully saturated rings. The summed E-state index contributed by atoms with van der Waals surface area (Å²) in [6.07, 6.45) is 7.44. The Hall–Kier alpha value is -3.32. The molecule has 4 heterocycles. The summed E-state index contributed by atoms with van der Waals surface area (Å²) in [7, 11) is 0. The minimum atomic E-state index is 0.127. The van der Waals surface area contributed by atoms with Gasteiger partial charge in [-0.05, 0) is 49.7 Å². The minimum Gasteiger partial charge on any atom is -0.337 e. The van der Waals surface area contributed by atoms with E-state index in [1.165, 1.54) is 0 Å². The van der Waals surface area contributed by atoms with Crippen molar-refractivity contribution < 1.29 is 4.52 Å². The van der Waals surface area contributed by atoms with Gasteiger partial charge < -0.3 is 4.52 Å². The van der Waals surface area contributed by atoms with Crippen molar-refractivity contribution in [2.24, 2.45) is 0 Å². The van der Waals surface area contributed by atoms with E-state index < -0.39 is 0 Å². The molecular weight excluding hydrogens is 352 g/mol. The topological polar surface area (TPSA) is 72.9 Å². The van der Waals surface area contributed by atoms with Gasteiger partial charge in [0.05, 0.1) is 17.4 Å². The largest absolute Gasteiger partial charge is 0.337 e. The lowest BCUT2D eigenvalue weighted by molar-refractivity contribution is 0.198. The van der Waals surface area contributed by atoms with Crippen LogP contribution in [0.3, 0.4) is 0 Å². The van der Waals surface area contributed by atoms with E-state index in [1.807, 2.05) is 41.2 Å². The highest BCUT2D eigenvalue weighted by Gasteiger charge is 2.31. The quantitative estimate of drug-likeness (QED) is 0.532. The number of nitrogens with zero attached hydrogens (tertiary/aromatic N) is 6.